The number of furan rings is 1. The Morgan fingerprint density at radius 1 is 1.20 bits per heavy atom. The first-order chi connectivity index (χ1) is 14.6. The van der Waals surface area contributed by atoms with Crippen LogP contribution in [-0.2, 0) is 13.0 Å². The highest BCUT2D eigenvalue weighted by molar-refractivity contribution is 7.15. The van der Waals surface area contributed by atoms with Crippen LogP contribution in [0.1, 0.15) is 20.9 Å². The molecule has 0 bridgehead atoms. The van der Waals surface area contributed by atoms with Crippen LogP contribution in [0.15, 0.2) is 41.2 Å². The van der Waals surface area contributed by atoms with Crippen LogP contribution in [0.25, 0.3) is 0 Å². The number of nitrogens with zero attached hydrogens (tertiary/aromatic N) is 2. The van der Waals surface area contributed by atoms with E-state index in [0.717, 1.165) is 10.6 Å². The average molecular weight is 428 g/mol. The van der Waals surface area contributed by atoms with E-state index >= 15 is 0 Å². The van der Waals surface area contributed by atoms with E-state index in [4.69, 9.17) is 13.9 Å². The molecule has 4 rings (SSSR count). The number of benzene rings is 1. The van der Waals surface area contributed by atoms with Gasteiger partial charge in [0.05, 0.1) is 44.0 Å². The molecular weight excluding hydrogens is 408 g/mol. The van der Waals surface area contributed by atoms with E-state index in [1.165, 1.54) is 31.0 Å². The molecule has 0 saturated heterocycles. The van der Waals surface area contributed by atoms with Gasteiger partial charge in [0.25, 0.3) is 5.91 Å². The van der Waals surface area contributed by atoms with Gasteiger partial charge in [0.15, 0.2) is 16.6 Å². The molecule has 0 aliphatic carbocycles. The summed E-state index contributed by atoms with van der Waals surface area (Å²) >= 11 is 1.36. The number of fused-ring (bicyclic) bond motifs is 1. The molecule has 0 unspecified atom stereocenters. The fourth-order valence-electron chi connectivity index (χ4n) is 3.17. The second kappa shape index (κ2) is 8.46. The Labute approximate surface area is 176 Å². The molecule has 3 heterocycles. The third kappa shape index (κ3) is 3.94. The molecule has 0 radical (unpaired) electrons. The highest BCUT2D eigenvalue weighted by atomic mass is 32.1. The number of hydrogen-bond donors (Lipinski definition) is 2. The quantitative estimate of drug-likeness (QED) is 0.643. The summed E-state index contributed by atoms with van der Waals surface area (Å²) in [6.07, 6.45) is 3.42. The van der Waals surface area contributed by atoms with Crippen LogP contribution in [-0.4, -0.2) is 42.6 Å². The zero-order chi connectivity index (χ0) is 21.1. The van der Waals surface area contributed by atoms with Crippen molar-refractivity contribution in [2.24, 2.45) is 0 Å². The third-order valence-corrected chi connectivity index (χ3v) is 5.66. The molecule has 2 N–H and O–H groups in total. The first-order valence-electron chi connectivity index (χ1n) is 9.18. The summed E-state index contributed by atoms with van der Waals surface area (Å²) < 4.78 is 15.6. The smallest absolute Gasteiger partial charge is 0.322 e. The second-order valence-electron chi connectivity index (χ2n) is 6.50. The number of aromatic nitrogens is 1. The number of amides is 3. The van der Waals surface area contributed by atoms with Gasteiger partial charge >= 0.3 is 6.03 Å². The topological polar surface area (TPSA) is 106 Å². The molecular formula is C20H20N4O5S. The van der Waals surface area contributed by atoms with Gasteiger partial charge in [-0.25, -0.2) is 9.78 Å². The summed E-state index contributed by atoms with van der Waals surface area (Å²) in [7, 11) is 3.07. The molecule has 1 aromatic carbocycles. The van der Waals surface area contributed by atoms with Gasteiger partial charge in [-0.2, -0.15) is 0 Å². The van der Waals surface area contributed by atoms with E-state index in [9.17, 15) is 9.59 Å². The van der Waals surface area contributed by atoms with Crippen LogP contribution in [0.2, 0.25) is 0 Å². The van der Waals surface area contributed by atoms with Crippen LogP contribution in [0, 0.1) is 0 Å². The number of rotatable bonds is 5. The van der Waals surface area contributed by atoms with Crippen LogP contribution >= 0.6 is 11.3 Å². The zero-order valence-corrected chi connectivity index (χ0v) is 17.2. The maximum absolute atomic E-state index is 12.8. The molecule has 3 amide bonds. The molecule has 156 valence electrons. The summed E-state index contributed by atoms with van der Waals surface area (Å²) in [6, 6.07) is 6.64. The van der Waals surface area contributed by atoms with Gasteiger partial charge in [-0.3, -0.25) is 10.1 Å². The number of anilines is 2. The SMILES string of the molecule is COc1cccc(NC(=O)N2CCc3nc(NC(=O)c4ccoc4)sc3C2)c1OC. The van der Waals surface area contributed by atoms with Crippen molar-refractivity contribution < 1.29 is 23.5 Å². The standard InChI is InChI=1S/C20H20N4O5S/c1-27-15-5-3-4-14(17(15)28-2)22-20(26)24-8-6-13-16(10-24)30-19(21-13)23-18(25)12-7-9-29-11-12/h3-5,7,9,11H,6,8,10H2,1-2H3,(H,22,26)(H,21,23,25). The lowest BCUT2D eigenvalue weighted by Crippen LogP contribution is -2.38. The minimum absolute atomic E-state index is 0.246. The lowest BCUT2D eigenvalue weighted by molar-refractivity contribution is 0.102. The summed E-state index contributed by atoms with van der Waals surface area (Å²) in [6.45, 7) is 0.927. The summed E-state index contributed by atoms with van der Waals surface area (Å²) in [5, 5.41) is 6.16. The number of hydrogen-bond acceptors (Lipinski definition) is 7. The minimum Gasteiger partial charge on any atom is -0.493 e. The third-order valence-electron chi connectivity index (χ3n) is 4.67. The van der Waals surface area contributed by atoms with Gasteiger partial charge in [0.2, 0.25) is 0 Å². The van der Waals surface area contributed by atoms with E-state index < -0.39 is 0 Å². The largest absolute Gasteiger partial charge is 0.493 e. The number of carbonyl (C=O) groups is 2. The summed E-state index contributed by atoms with van der Waals surface area (Å²) in [5.74, 6) is 0.722. The Hall–Kier alpha value is -3.53. The van der Waals surface area contributed by atoms with Crippen molar-refractivity contribution in [3.05, 3.63) is 52.9 Å². The minimum atomic E-state index is -0.283. The zero-order valence-electron chi connectivity index (χ0n) is 16.4. The first kappa shape index (κ1) is 19.8. The van der Waals surface area contributed by atoms with Crippen LogP contribution in [0.4, 0.5) is 15.6 Å². The molecule has 1 aliphatic rings. The van der Waals surface area contributed by atoms with E-state index in [1.807, 2.05) is 0 Å². The van der Waals surface area contributed by atoms with Crippen LogP contribution in [0.3, 0.4) is 0 Å². The van der Waals surface area contributed by atoms with Crippen molar-refractivity contribution in [2.45, 2.75) is 13.0 Å². The Balaban J connectivity index is 1.44. The molecule has 0 saturated carbocycles. The Morgan fingerprint density at radius 2 is 2.07 bits per heavy atom. The Bertz CT molecular complexity index is 1060. The van der Waals surface area contributed by atoms with Crippen molar-refractivity contribution in [1.82, 2.24) is 9.88 Å². The second-order valence-corrected chi connectivity index (χ2v) is 7.58. The molecule has 9 nitrogen and oxygen atoms in total. The predicted molar refractivity (Wildman–Crippen MR) is 111 cm³/mol. The normalized spacial score (nSPS) is 12.8. The molecule has 2 aromatic heterocycles. The highest BCUT2D eigenvalue weighted by Gasteiger charge is 2.25. The van der Waals surface area contributed by atoms with Crippen molar-refractivity contribution in [3.63, 3.8) is 0 Å². The molecule has 0 fully saturated rings. The number of thiazole rings is 1. The van der Waals surface area contributed by atoms with Crippen LogP contribution in [0.5, 0.6) is 11.5 Å². The van der Waals surface area contributed by atoms with Gasteiger partial charge < -0.3 is 24.1 Å². The maximum Gasteiger partial charge on any atom is 0.322 e. The van der Waals surface area contributed by atoms with Crippen molar-refractivity contribution in [1.29, 1.82) is 0 Å². The van der Waals surface area contributed by atoms with Gasteiger partial charge in [0, 0.05) is 17.8 Å². The number of nitrogens with one attached hydrogen (secondary N) is 2. The van der Waals surface area contributed by atoms with Crippen LogP contribution < -0.4 is 20.1 Å². The summed E-state index contributed by atoms with van der Waals surface area (Å²) in [4.78, 5) is 32.1. The molecule has 3 aromatic rings. The number of para-hydroxylation sites is 1. The fraction of sp³-hybridized carbons (Fsp3) is 0.250. The monoisotopic (exact) mass is 428 g/mol. The first-order valence-corrected chi connectivity index (χ1v) is 9.99. The lowest BCUT2D eigenvalue weighted by Gasteiger charge is -2.26. The number of methoxy groups -OCH3 is 2. The molecule has 10 heteroatoms. The van der Waals surface area contributed by atoms with E-state index in [2.05, 4.69) is 15.6 Å². The summed E-state index contributed by atoms with van der Waals surface area (Å²) in [5.41, 5.74) is 1.85. The number of urea groups is 1. The van der Waals surface area contributed by atoms with Crippen molar-refractivity contribution in [2.75, 3.05) is 31.4 Å². The number of carbonyl (C=O) groups excluding carboxylic acids is 2. The van der Waals surface area contributed by atoms with Gasteiger partial charge in [-0.05, 0) is 18.2 Å². The maximum atomic E-state index is 12.8. The molecule has 1 aliphatic heterocycles. The van der Waals surface area contributed by atoms with Gasteiger partial charge in [-0.15, -0.1) is 0 Å². The Morgan fingerprint density at radius 3 is 2.80 bits per heavy atom. The number of ether oxygens (including phenoxy) is 2. The Kier molecular flexibility index (Phi) is 5.57. The molecule has 30 heavy (non-hydrogen) atoms. The fourth-order valence-corrected chi connectivity index (χ4v) is 4.18. The van der Waals surface area contributed by atoms with E-state index in [0.29, 0.717) is 47.4 Å². The van der Waals surface area contributed by atoms with E-state index in [1.54, 1.807) is 36.3 Å². The van der Waals surface area contributed by atoms with Gasteiger partial charge in [0.1, 0.15) is 6.26 Å². The molecule has 0 spiro atoms. The van der Waals surface area contributed by atoms with Crippen molar-refractivity contribution >= 4 is 34.1 Å². The van der Waals surface area contributed by atoms with E-state index in [-0.39, 0.29) is 11.9 Å². The van der Waals surface area contributed by atoms with Gasteiger partial charge in [-0.1, -0.05) is 17.4 Å². The molecule has 0 atom stereocenters. The lowest BCUT2D eigenvalue weighted by atomic mass is 10.2. The highest BCUT2D eigenvalue weighted by Crippen LogP contribution is 2.35. The predicted octanol–water partition coefficient (Wildman–Crippen LogP) is 3.60. The average Bonchev–Trinajstić information content (AvgIpc) is 3.42. The van der Waals surface area contributed by atoms with Crippen molar-refractivity contribution in [3.8, 4) is 11.5 Å².